The standard InChI is InChI=1S/C18H28N2O2.ClH/c1-14(11-15-7-3-4-9-17(15)22-2)12-18(21)20-10-6-5-8-16(20)13-19;/h3-4,7,9,14,16H,5-6,8,10-13,19H2,1-2H3;1H. The van der Waals surface area contributed by atoms with Crippen LogP contribution in [0.4, 0.5) is 0 Å². The van der Waals surface area contributed by atoms with Crippen LogP contribution in [0.1, 0.15) is 38.2 Å². The van der Waals surface area contributed by atoms with Gasteiger partial charge in [0.25, 0.3) is 0 Å². The van der Waals surface area contributed by atoms with E-state index in [4.69, 9.17) is 10.5 Å². The summed E-state index contributed by atoms with van der Waals surface area (Å²) in [5.41, 5.74) is 6.98. The Bertz CT molecular complexity index is 496. The average Bonchev–Trinajstić information content (AvgIpc) is 2.55. The van der Waals surface area contributed by atoms with Crippen LogP contribution in [-0.2, 0) is 11.2 Å². The summed E-state index contributed by atoms with van der Waals surface area (Å²) in [4.78, 5) is 14.6. The molecule has 0 aliphatic carbocycles. The summed E-state index contributed by atoms with van der Waals surface area (Å²) in [6.07, 6.45) is 4.76. The molecule has 2 unspecified atom stereocenters. The summed E-state index contributed by atoms with van der Waals surface area (Å²) < 4.78 is 5.39. The van der Waals surface area contributed by atoms with Crippen molar-refractivity contribution >= 4 is 18.3 Å². The quantitative estimate of drug-likeness (QED) is 0.866. The Hall–Kier alpha value is -1.26. The van der Waals surface area contributed by atoms with Crippen molar-refractivity contribution in [3.63, 3.8) is 0 Å². The zero-order valence-electron chi connectivity index (χ0n) is 14.2. The Balaban J connectivity index is 0.00000264. The van der Waals surface area contributed by atoms with Gasteiger partial charge in [0, 0.05) is 25.6 Å². The van der Waals surface area contributed by atoms with Gasteiger partial charge in [-0.25, -0.2) is 0 Å². The number of ether oxygens (including phenoxy) is 1. The SMILES string of the molecule is COc1ccccc1CC(C)CC(=O)N1CCCCC1CN.Cl. The predicted molar refractivity (Wildman–Crippen MR) is 96.1 cm³/mol. The second-order valence-corrected chi connectivity index (χ2v) is 6.30. The van der Waals surface area contributed by atoms with Crippen molar-refractivity contribution in [2.75, 3.05) is 20.2 Å². The minimum absolute atomic E-state index is 0. The van der Waals surface area contributed by atoms with Crippen LogP contribution in [0.2, 0.25) is 0 Å². The van der Waals surface area contributed by atoms with Gasteiger partial charge >= 0.3 is 0 Å². The van der Waals surface area contributed by atoms with E-state index in [1.165, 1.54) is 12.0 Å². The fraction of sp³-hybridized carbons (Fsp3) is 0.611. The van der Waals surface area contributed by atoms with Gasteiger partial charge in [-0.2, -0.15) is 0 Å². The van der Waals surface area contributed by atoms with Crippen LogP contribution in [0.15, 0.2) is 24.3 Å². The Morgan fingerprint density at radius 1 is 1.39 bits per heavy atom. The fourth-order valence-corrected chi connectivity index (χ4v) is 3.31. The van der Waals surface area contributed by atoms with Crippen molar-refractivity contribution in [2.45, 2.75) is 45.1 Å². The summed E-state index contributed by atoms with van der Waals surface area (Å²) in [6.45, 7) is 3.57. The van der Waals surface area contributed by atoms with E-state index in [2.05, 4.69) is 13.0 Å². The number of nitrogens with two attached hydrogens (primary N) is 1. The topological polar surface area (TPSA) is 55.6 Å². The van der Waals surface area contributed by atoms with Crippen LogP contribution in [0.5, 0.6) is 5.75 Å². The Labute approximate surface area is 145 Å². The summed E-state index contributed by atoms with van der Waals surface area (Å²) in [5, 5.41) is 0. The number of rotatable bonds is 6. The van der Waals surface area contributed by atoms with Gasteiger partial charge < -0.3 is 15.4 Å². The molecule has 1 aliphatic heterocycles. The van der Waals surface area contributed by atoms with Crippen LogP contribution >= 0.6 is 12.4 Å². The molecule has 0 spiro atoms. The number of piperidine rings is 1. The molecule has 1 heterocycles. The van der Waals surface area contributed by atoms with Gasteiger partial charge in [0.2, 0.25) is 5.91 Å². The molecule has 1 amide bonds. The Morgan fingerprint density at radius 2 is 2.13 bits per heavy atom. The molecule has 2 N–H and O–H groups in total. The van der Waals surface area contributed by atoms with Crippen LogP contribution in [0.3, 0.4) is 0 Å². The van der Waals surface area contributed by atoms with Gasteiger partial charge in [0.05, 0.1) is 7.11 Å². The maximum Gasteiger partial charge on any atom is 0.223 e. The van der Waals surface area contributed by atoms with Gasteiger partial charge in [-0.05, 0) is 43.2 Å². The van der Waals surface area contributed by atoms with Gasteiger partial charge in [-0.15, -0.1) is 12.4 Å². The number of hydrogen-bond acceptors (Lipinski definition) is 3. The number of halogens is 1. The first-order valence-corrected chi connectivity index (χ1v) is 8.27. The lowest BCUT2D eigenvalue weighted by molar-refractivity contribution is -0.135. The van der Waals surface area contributed by atoms with E-state index in [1.54, 1.807) is 7.11 Å². The Kier molecular flexibility index (Phi) is 8.42. The number of amides is 1. The maximum atomic E-state index is 12.6. The van der Waals surface area contributed by atoms with Gasteiger partial charge in [-0.1, -0.05) is 25.1 Å². The molecule has 1 aromatic rings. The van der Waals surface area contributed by atoms with Crippen LogP contribution in [0, 0.1) is 5.92 Å². The first-order chi connectivity index (χ1) is 10.7. The first-order valence-electron chi connectivity index (χ1n) is 8.27. The lowest BCUT2D eigenvalue weighted by atomic mass is 9.95. The number of hydrogen-bond donors (Lipinski definition) is 1. The minimum atomic E-state index is 0. The molecular weight excluding hydrogens is 312 g/mol. The monoisotopic (exact) mass is 340 g/mol. The number of methoxy groups -OCH3 is 1. The molecule has 1 saturated heterocycles. The second kappa shape index (κ2) is 9.78. The lowest BCUT2D eigenvalue weighted by Gasteiger charge is -2.35. The summed E-state index contributed by atoms with van der Waals surface area (Å²) in [6, 6.07) is 8.27. The summed E-state index contributed by atoms with van der Waals surface area (Å²) >= 11 is 0. The van der Waals surface area contributed by atoms with Crippen LogP contribution < -0.4 is 10.5 Å². The zero-order chi connectivity index (χ0) is 15.9. The highest BCUT2D eigenvalue weighted by Crippen LogP contribution is 2.24. The van der Waals surface area contributed by atoms with Crippen molar-refractivity contribution in [2.24, 2.45) is 11.7 Å². The van der Waals surface area contributed by atoms with E-state index in [0.717, 1.165) is 31.6 Å². The van der Waals surface area contributed by atoms with Crippen LogP contribution in [-0.4, -0.2) is 37.0 Å². The number of nitrogens with zero attached hydrogens (tertiary/aromatic N) is 1. The number of likely N-dealkylation sites (tertiary alicyclic amines) is 1. The highest BCUT2D eigenvalue weighted by atomic mass is 35.5. The molecule has 1 aliphatic rings. The normalized spacial score (nSPS) is 18.9. The lowest BCUT2D eigenvalue weighted by Crippen LogP contribution is -2.47. The second-order valence-electron chi connectivity index (χ2n) is 6.30. The number of carbonyl (C=O) groups is 1. The fourth-order valence-electron chi connectivity index (χ4n) is 3.31. The first kappa shape index (κ1) is 19.8. The third-order valence-corrected chi connectivity index (χ3v) is 4.50. The molecular formula is C18H29ClN2O2. The van der Waals surface area contributed by atoms with Crippen molar-refractivity contribution in [3.8, 4) is 5.75 Å². The van der Waals surface area contributed by atoms with E-state index in [9.17, 15) is 4.79 Å². The molecule has 2 atom stereocenters. The molecule has 5 heteroatoms. The van der Waals surface area contributed by atoms with Gasteiger partial charge in [0.15, 0.2) is 0 Å². The van der Waals surface area contributed by atoms with Crippen molar-refractivity contribution < 1.29 is 9.53 Å². The molecule has 0 saturated carbocycles. The van der Waals surface area contributed by atoms with Crippen LogP contribution in [0.25, 0.3) is 0 Å². The maximum absolute atomic E-state index is 12.6. The summed E-state index contributed by atoms with van der Waals surface area (Å²) in [7, 11) is 1.69. The Morgan fingerprint density at radius 3 is 2.83 bits per heavy atom. The third-order valence-electron chi connectivity index (χ3n) is 4.50. The molecule has 1 aromatic carbocycles. The van der Waals surface area contributed by atoms with Gasteiger partial charge in [-0.3, -0.25) is 4.79 Å². The number of para-hydroxylation sites is 1. The molecule has 4 nitrogen and oxygen atoms in total. The molecule has 23 heavy (non-hydrogen) atoms. The van der Waals surface area contributed by atoms with Gasteiger partial charge in [0.1, 0.15) is 5.75 Å². The molecule has 130 valence electrons. The average molecular weight is 341 g/mol. The largest absolute Gasteiger partial charge is 0.496 e. The zero-order valence-corrected chi connectivity index (χ0v) is 15.0. The van der Waals surface area contributed by atoms with E-state index in [1.807, 2.05) is 23.1 Å². The molecule has 0 aromatic heterocycles. The number of carbonyl (C=O) groups excluding carboxylic acids is 1. The van der Waals surface area contributed by atoms with E-state index < -0.39 is 0 Å². The summed E-state index contributed by atoms with van der Waals surface area (Å²) in [5.74, 6) is 1.45. The van der Waals surface area contributed by atoms with Crippen molar-refractivity contribution in [3.05, 3.63) is 29.8 Å². The van der Waals surface area contributed by atoms with E-state index in [0.29, 0.717) is 18.9 Å². The molecule has 0 bridgehead atoms. The van der Waals surface area contributed by atoms with E-state index >= 15 is 0 Å². The third kappa shape index (κ3) is 5.40. The molecule has 0 radical (unpaired) electrons. The smallest absolute Gasteiger partial charge is 0.223 e. The number of benzene rings is 1. The van der Waals surface area contributed by atoms with Crippen molar-refractivity contribution in [1.29, 1.82) is 0 Å². The minimum Gasteiger partial charge on any atom is -0.496 e. The van der Waals surface area contributed by atoms with Crippen molar-refractivity contribution in [1.82, 2.24) is 4.90 Å². The van der Waals surface area contributed by atoms with E-state index in [-0.39, 0.29) is 24.4 Å². The molecule has 2 rings (SSSR count). The predicted octanol–water partition coefficient (Wildman–Crippen LogP) is 3.03. The highest BCUT2D eigenvalue weighted by Gasteiger charge is 2.26. The highest BCUT2D eigenvalue weighted by molar-refractivity contribution is 5.85. The molecule has 1 fully saturated rings.